The number of carbonyl (C=O) groups is 1. The lowest BCUT2D eigenvalue weighted by atomic mass is 10.0. The lowest BCUT2D eigenvalue weighted by Gasteiger charge is -2.28. The van der Waals surface area contributed by atoms with Crippen LogP contribution >= 0.6 is 0 Å². The second-order valence-electron chi connectivity index (χ2n) is 5.12. The van der Waals surface area contributed by atoms with Gasteiger partial charge < -0.3 is 15.7 Å². The zero-order valence-electron chi connectivity index (χ0n) is 10.7. The lowest BCUT2D eigenvalue weighted by Crippen LogP contribution is -2.43. The number of hydrogen-bond donors (Lipinski definition) is 2. The average molecular weight is 252 g/mol. The molecule has 100 valence electrons. The monoisotopic (exact) mass is 252 g/mol. The summed E-state index contributed by atoms with van der Waals surface area (Å²) in [6.45, 7) is 0.548. The van der Waals surface area contributed by atoms with E-state index in [0.29, 0.717) is 12.4 Å². The molecule has 6 heteroatoms. The first kappa shape index (κ1) is 12.9. The number of nitrogens with zero attached hydrogens (tertiary/aromatic N) is 3. The van der Waals surface area contributed by atoms with Gasteiger partial charge in [0.2, 0.25) is 5.91 Å². The van der Waals surface area contributed by atoms with E-state index in [1.807, 2.05) is 0 Å². The molecule has 0 spiro atoms. The minimum Gasteiger partial charge on any atom is -0.388 e. The molecule has 1 aliphatic carbocycles. The molecule has 0 bridgehead atoms. The van der Waals surface area contributed by atoms with Crippen LogP contribution in [0.15, 0.2) is 12.3 Å². The number of carbonyl (C=O) groups excluding carboxylic acids is 1. The van der Waals surface area contributed by atoms with Crippen LogP contribution in [0.2, 0.25) is 0 Å². The predicted octanol–water partition coefficient (Wildman–Crippen LogP) is 0.229. The van der Waals surface area contributed by atoms with Crippen LogP contribution < -0.4 is 5.73 Å². The summed E-state index contributed by atoms with van der Waals surface area (Å²) in [7, 11) is 1.71. The van der Waals surface area contributed by atoms with E-state index in [9.17, 15) is 9.90 Å². The maximum Gasteiger partial charge on any atom is 0.244 e. The van der Waals surface area contributed by atoms with Crippen molar-refractivity contribution >= 4 is 11.7 Å². The van der Waals surface area contributed by atoms with E-state index in [-0.39, 0.29) is 12.5 Å². The molecule has 0 saturated heterocycles. The normalized spacial score (nSPS) is 17.9. The standard InChI is InChI=1S/C12H20N4O2/c1-15(9-12(18)5-2-3-6-12)11(17)8-16-7-4-10(13)14-16/h4,7,18H,2-3,5-6,8-9H2,1H3,(H2,13,14). The number of rotatable bonds is 4. The zero-order chi connectivity index (χ0) is 13.2. The van der Waals surface area contributed by atoms with Gasteiger partial charge in [0.25, 0.3) is 0 Å². The van der Waals surface area contributed by atoms with Crippen molar-refractivity contribution < 1.29 is 9.90 Å². The Morgan fingerprint density at radius 3 is 2.83 bits per heavy atom. The fraction of sp³-hybridized carbons (Fsp3) is 0.667. The lowest BCUT2D eigenvalue weighted by molar-refractivity contribution is -0.134. The smallest absolute Gasteiger partial charge is 0.244 e. The highest BCUT2D eigenvalue weighted by Gasteiger charge is 2.33. The van der Waals surface area contributed by atoms with Crippen molar-refractivity contribution in [2.24, 2.45) is 0 Å². The first-order chi connectivity index (χ1) is 8.48. The van der Waals surface area contributed by atoms with Crippen LogP contribution in [0.3, 0.4) is 0 Å². The third kappa shape index (κ3) is 3.01. The molecule has 1 amide bonds. The quantitative estimate of drug-likeness (QED) is 0.803. The van der Waals surface area contributed by atoms with Crippen molar-refractivity contribution in [3.05, 3.63) is 12.3 Å². The largest absolute Gasteiger partial charge is 0.388 e. The van der Waals surface area contributed by atoms with E-state index in [2.05, 4.69) is 5.10 Å². The maximum absolute atomic E-state index is 12.0. The van der Waals surface area contributed by atoms with Crippen molar-refractivity contribution in [1.29, 1.82) is 0 Å². The van der Waals surface area contributed by atoms with Gasteiger partial charge in [-0.1, -0.05) is 12.8 Å². The van der Waals surface area contributed by atoms with Crippen molar-refractivity contribution in [3.63, 3.8) is 0 Å². The Morgan fingerprint density at radius 2 is 2.28 bits per heavy atom. The number of likely N-dealkylation sites (N-methyl/N-ethyl adjacent to an activating group) is 1. The molecule has 0 unspecified atom stereocenters. The van der Waals surface area contributed by atoms with Crippen LogP contribution in [0.4, 0.5) is 5.82 Å². The molecule has 1 aromatic rings. The summed E-state index contributed by atoms with van der Waals surface area (Å²) in [4.78, 5) is 13.5. The summed E-state index contributed by atoms with van der Waals surface area (Å²) in [6.07, 6.45) is 5.30. The van der Waals surface area contributed by atoms with E-state index < -0.39 is 5.60 Å². The summed E-state index contributed by atoms with van der Waals surface area (Å²) in [6, 6.07) is 1.65. The Hall–Kier alpha value is -1.56. The molecule has 0 radical (unpaired) electrons. The number of hydrogen-bond acceptors (Lipinski definition) is 4. The van der Waals surface area contributed by atoms with Crippen LogP contribution in [0, 0.1) is 0 Å². The fourth-order valence-electron chi connectivity index (χ4n) is 2.45. The number of nitrogens with two attached hydrogens (primary N) is 1. The molecule has 0 aromatic carbocycles. The van der Waals surface area contributed by atoms with E-state index >= 15 is 0 Å². The molecule has 1 heterocycles. The van der Waals surface area contributed by atoms with Crippen LogP contribution in [0.25, 0.3) is 0 Å². The predicted molar refractivity (Wildman–Crippen MR) is 67.7 cm³/mol. The Balaban J connectivity index is 1.88. The zero-order valence-corrected chi connectivity index (χ0v) is 10.7. The highest BCUT2D eigenvalue weighted by molar-refractivity contribution is 5.75. The van der Waals surface area contributed by atoms with Crippen molar-refractivity contribution in [1.82, 2.24) is 14.7 Å². The van der Waals surface area contributed by atoms with Gasteiger partial charge >= 0.3 is 0 Å². The van der Waals surface area contributed by atoms with Gasteiger partial charge in [0.15, 0.2) is 0 Å². The van der Waals surface area contributed by atoms with Gasteiger partial charge in [-0.25, -0.2) is 0 Å². The molecule has 1 fully saturated rings. The molecular weight excluding hydrogens is 232 g/mol. The van der Waals surface area contributed by atoms with Gasteiger partial charge in [-0.15, -0.1) is 0 Å². The van der Waals surface area contributed by atoms with Gasteiger partial charge in [0.1, 0.15) is 12.4 Å². The molecule has 1 saturated carbocycles. The minimum absolute atomic E-state index is 0.0709. The van der Waals surface area contributed by atoms with Gasteiger partial charge in [-0.3, -0.25) is 9.48 Å². The average Bonchev–Trinajstić information content (AvgIpc) is 2.88. The Morgan fingerprint density at radius 1 is 1.61 bits per heavy atom. The second-order valence-corrected chi connectivity index (χ2v) is 5.12. The number of amides is 1. The van der Waals surface area contributed by atoms with Crippen molar-refractivity contribution in [2.75, 3.05) is 19.3 Å². The minimum atomic E-state index is -0.701. The van der Waals surface area contributed by atoms with Gasteiger partial charge in [-0.2, -0.15) is 5.10 Å². The molecule has 0 atom stereocenters. The van der Waals surface area contributed by atoms with Crippen LogP contribution in [0.1, 0.15) is 25.7 Å². The van der Waals surface area contributed by atoms with Crippen molar-refractivity contribution in [3.8, 4) is 0 Å². The van der Waals surface area contributed by atoms with Crippen LogP contribution in [-0.4, -0.2) is 44.9 Å². The van der Waals surface area contributed by atoms with E-state index in [0.717, 1.165) is 25.7 Å². The van der Waals surface area contributed by atoms with E-state index in [4.69, 9.17) is 5.73 Å². The SMILES string of the molecule is CN(CC1(O)CCCC1)C(=O)Cn1ccc(N)n1. The van der Waals surface area contributed by atoms with E-state index in [1.165, 1.54) is 4.68 Å². The highest BCUT2D eigenvalue weighted by atomic mass is 16.3. The number of anilines is 1. The van der Waals surface area contributed by atoms with Crippen LogP contribution in [0.5, 0.6) is 0 Å². The number of nitrogen functional groups attached to an aromatic ring is 1. The van der Waals surface area contributed by atoms with Crippen LogP contribution in [-0.2, 0) is 11.3 Å². The van der Waals surface area contributed by atoms with Gasteiger partial charge in [-0.05, 0) is 18.9 Å². The van der Waals surface area contributed by atoms with E-state index in [1.54, 1.807) is 24.2 Å². The Kier molecular flexibility index (Phi) is 3.56. The molecule has 6 nitrogen and oxygen atoms in total. The molecule has 1 aromatic heterocycles. The molecule has 0 aliphatic heterocycles. The molecular formula is C12H20N4O2. The molecule has 2 rings (SSSR count). The van der Waals surface area contributed by atoms with Gasteiger partial charge in [0, 0.05) is 19.8 Å². The maximum atomic E-state index is 12.0. The summed E-state index contributed by atoms with van der Waals surface area (Å²) in [5, 5.41) is 14.2. The third-order valence-electron chi connectivity index (χ3n) is 3.45. The van der Waals surface area contributed by atoms with Crippen molar-refractivity contribution in [2.45, 2.75) is 37.8 Å². The second kappa shape index (κ2) is 4.97. The Labute approximate surface area is 106 Å². The molecule has 3 N–H and O–H groups in total. The highest BCUT2D eigenvalue weighted by Crippen LogP contribution is 2.29. The third-order valence-corrected chi connectivity index (χ3v) is 3.45. The summed E-state index contributed by atoms with van der Waals surface area (Å²) < 4.78 is 1.51. The first-order valence-electron chi connectivity index (χ1n) is 6.24. The topological polar surface area (TPSA) is 84.4 Å². The fourth-order valence-corrected chi connectivity index (χ4v) is 2.45. The number of aromatic nitrogens is 2. The first-order valence-corrected chi connectivity index (χ1v) is 6.24. The van der Waals surface area contributed by atoms with Gasteiger partial charge in [0.05, 0.1) is 5.60 Å². The summed E-state index contributed by atoms with van der Waals surface area (Å²) in [5.41, 5.74) is 4.79. The number of aliphatic hydroxyl groups is 1. The molecule has 1 aliphatic rings. The Bertz CT molecular complexity index is 423. The molecule has 18 heavy (non-hydrogen) atoms. The summed E-state index contributed by atoms with van der Waals surface area (Å²) >= 11 is 0. The summed E-state index contributed by atoms with van der Waals surface area (Å²) in [5.74, 6) is 0.332.